The van der Waals surface area contributed by atoms with E-state index in [0.29, 0.717) is 34.6 Å². The third kappa shape index (κ3) is 6.07. The molecule has 1 aliphatic heterocycles. The maximum absolute atomic E-state index is 13.0. The fourth-order valence-corrected chi connectivity index (χ4v) is 5.02. The van der Waals surface area contributed by atoms with Gasteiger partial charge in [-0.15, -0.1) is 0 Å². The second-order valence-electron chi connectivity index (χ2n) is 8.59. The quantitative estimate of drug-likeness (QED) is 0.219. The number of nitrogens with one attached hydrogen (secondary N) is 2. The summed E-state index contributed by atoms with van der Waals surface area (Å²) in [6.45, 7) is 3.87. The number of carbonyl (C=O) groups excluding carboxylic acids is 1. The molecule has 180 valence electrons. The van der Waals surface area contributed by atoms with Gasteiger partial charge in [0.2, 0.25) is 5.78 Å². The lowest BCUT2D eigenvalue weighted by Gasteiger charge is -2.11. The molecule has 8 heteroatoms. The number of aryl methyl sites for hydroxylation is 1. The van der Waals surface area contributed by atoms with Gasteiger partial charge in [-0.25, -0.2) is 4.98 Å². The van der Waals surface area contributed by atoms with E-state index in [1.54, 1.807) is 18.2 Å². The van der Waals surface area contributed by atoms with E-state index in [-0.39, 0.29) is 17.4 Å². The molecule has 1 aliphatic rings. The van der Waals surface area contributed by atoms with Gasteiger partial charge in [-0.3, -0.25) is 4.79 Å². The second-order valence-corrected chi connectivity index (χ2v) is 9.59. The summed E-state index contributed by atoms with van der Waals surface area (Å²) < 4.78 is 5.86. The van der Waals surface area contributed by atoms with Crippen molar-refractivity contribution in [1.82, 2.24) is 10.3 Å². The largest absolute Gasteiger partial charge is 0.508 e. The number of nitrogen functional groups attached to an aromatic ring is 1. The van der Waals surface area contributed by atoms with Crippen molar-refractivity contribution in [2.75, 3.05) is 24.2 Å². The zero-order valence-electron chi connectivity index (χ0n) is 19.5. The molecule has 0 amide bonds. The van der Waals surface area contributed by atoms with Crippen LogP contribution in [0.2, 0.25) is 0 Å². The highest BCUT2D eigenvalue weighted by Crippen LogP contribution is 2.31. The van der Waals surface area contributed by atoms with Crippen LogP contribution in [-0.4, -0.2) is 35.1 Å². The Morgan fingerprint density at radius 3 is 2.85 bits per heavy atom. The molecule has 1 atom stereocenters. The smallest absolute Gasteiger partial charge is 0.206 e. The Bertz CT molecular complexity index is 1110. The first-order chi connectivity index (χ1) is 16.5. The zero-order valence-corrected chi connectivity index (χ0v) is 20.3. The summed E-state index contributed by atoms with van der Waals surface area (Å²) in [7, 11) is 0. The van der Waals surface area contributed by atoms with Gasteiger partial charge in [0, 0.05) is 17.3 Å². The minimum atomic E-state index is -0.197. The number of hydrogen-bond acceptors (Lipinski definition) is 8. The molecular weight excluding hydrogens is 448 g/mol. The lowest BCUT2D eigenvalue weighted by atomic mass is 10.0. The highest BCUT2D eigenvalue weighted by atomic mass is 32.1. The number of hydrogen-bond donors (Lipinski definition) is 4. The minimum Gasteiger partial charge on any atom is -0.508 e. The van der Waals surface area contributed by atoms with Crippen LogP contribution in [-0.2, 0) is 6.42 Å². The Labute approximate surface area is 204 Å². The van der Waals surface area contributed by atoms with Crippen molar-refractivity contribution < 1.29 is 14.6 Å². The molecule has 1 unspecified atom stereocenters. The molecule has 1 saturated heterocycles. The van der Waals surface area contributed by atoms with Crippen LogP contribution >= 0.6 is 11.3 Å². The number of nitrogens with two attached hydrogens (primary N) is 1. The predicted octanol–water partition coefficient (Wildman–Crippen LogP) is 5.27. The molecule has 0 aliphatic carbocycles. The second kappa shape index (κ2) is 11.4. The molecular formula is C26H32N4O3S. The number of ether oxygens (including phenoxy) is 1. The van der Waals surface area contributed by atoms with Gasteiger partial charge in [-0.2, -0.15) is 0 Å². The van der Waals surface area contributed by atoms with Crippen LogP contribution in [0.25, 0.3) is 0 Å². The number of carbonyl (C=O) groups is 1. The first kappa shape index (κ1) is 24.0. The van der Waals surface area contributed by atoms with Gasteiger partial charge in [-0.1, -0.05) is 24.7 Å². The summed E-state index contributed by atoms with van der Waals surface area (Å²) in [5.74, 6) is 1.03. The number of phenolic OH excluding ortho intramolecular Hbond substituents is 1. The Kier molecular flexibility index (Phi) is 8.03. The molecule has 1 aromatic heterocycles. The molecule has 7 nitrogen and oxygen atoms in total. The summed E-state index contributed by atoms with van der Waals surface area (Å²) >= 11 is 1.22. The standard InChI is InChI=1S/C26H32N4O3S/c1-2-5-17-16-18(8-13-22(17)31)23(32)24-25(27)30-26(34-24)29-20-9-11-21(12-10-20)33-15-4-7-19-6-3-14-28-19/h8-13,16,19,28,31H,2-7,14-15,27H2,1H3,(H,29,30). The minimum absolute atomic E-state index is 0.194. The summed E-state index contributed by atoms with van der Waals surface area (Å²) in [4.78, 5) is 17.7. The molecule has 1 fully saturated rings. The van der Waals surface area contributed by atoms with Crippen LogP contribution in [0.4, 0.5) is 16.6 Å². The topological polar surface area (TPSA) is 110 Å². The van der Waals surface area contributed by atoms with Crippen LogP contribution in [0.5, 0.6) is 11.5 Å². The summed E-state index contributed by atoms with van der Waals surface area (Å²) in [5, 5.41) is 17.3. The highest BCUT2D eigenvalue weighted by molar-refractivity contribution is 7.18. The number of nitrogens with zero attached hydrogens (tertiary/aromatic N) is 1. The number of ketones is 1. The van der Waals surface area contributed by atoms with Gasteiger partial charge in [0.05, 0.1) is 6.61 Å². The summed E-state index contributed by atoms with van der Waals surface area (Å²) in [6.07, 6.45) is 6.31. The zero-order chi connectivity index (χ0) is 23.9. The van der Waals surface area contributed by atoms with Gasteiger partial charge < -0.3 is 26.2 Å². The van der Waals surface area contributed by atoms with Gasteiger partial charge >= 0.3 is 0 Å². The van der Waals surface area contributed by atoms with E-state index in [4.69, 9.17) is 10.5 Å². The first-order valence-electron chi connectivity index (χ1n) is 11.9. The van der Waals surface area contributed by atoms with Crippen molar-refractivity contribution >= 4 is 33.8 Å². The van der Waals surface area contributed by atoms with E-state index < -0.39 is 0 Å². The van der Waals surface area contributed by atoms with Crippen molar-refractivity contribution in [1.29, 1.82) is 0 Å². The van der Waals surface area contributed by atoms with Crippen LogP contribution in [0.15, 0.2) is 42.5 Å². The highest BCUT2D eigenvalue weighted by Gasteiger charge is 2.19. The van der Waals surface area contributed by atoms with E-state index in [1.165, 1.54) is 24.2 Å². The van der Waals surface area contributed by atoms with E-state index in [0.717, 1.165) is 42.8 Å². The molecule has 0 spiro atoms. The monoisotopic (exact) mass is 480 g/mol. The fourth-order valence-electron chi connectivity index (χ4n) is 4.16. The fraction of sp³-hybridized carbons (Fsp3) is 0.385. The molecule has 2 heterocycles. The summed E-state index contributed by atoms with van der Waals surface area (Å²) in [6, 6.07) is 13.2. The van der Waals surface area contributed by atoms with Crippen LogP contribution in [0, 0.1) is 0 Å². The molecule has 0 bridgehead atoms. The lowest BCUT2D eigenvalue weighted by molar-refractivity contribution is 0.104. The van der Waals surface area contributed by atoms with Crippen molar-refractivity contribution in [3.8, 4) is 11.5 Å². The SMILES string of the molecule is CCCc1cc(C(=O)c2sc(Nc3ccc(OCCCC4CCCN4)cc3)nc2N)ccc1O. The van der Waals surface area contributed by atoms with Crippen LogP contribution < -0.4 is 21.1 Å². The third-order valence-corrected chi connectivity index (χ3v) is 6.94. The Morgan fingerprint density at radius 1 is 1.29 bits per heavy atom. The maximum atomic E-state index is 13.0. The van der Waals surface area contributed by atoms with Crippen LogP contribution in [0.1, 0.15) is 59.8 Å². The van der Waals surface area contributed by atoms with Gasteiger partial charge in [0.25, 0.3) is 0 Å². The van der Waals surface area contributed by atoms with Gasteiger partial charge in [-0.05, 0) is 86.7 Å². The number of phenols is 1. The molecule has 4 rings (SSSR count). The van der Waals surface area contributed by atoms with Crippen molar-refractivity contribution in [3.63, 3.8) is 0 Å². The third-order valence-electron chi connectivity index (χ3n) is 5.95. The van der Waals surface area contributed by atoms with Crippen molar-refractivity contribution in [3.05, 3.63) is 58.5 Å². The van der Waals surface area contributed by atoms with Gasteiger partial charge in [0.15, 0.2) is 5.13 Å². The van der Waals surface area contributed by atoms with Gasteiger partial charge in [0.1, 0.15) is 22.2 Å². The number of rotatable bonds is 11. The Morgan fingerprint density at radius 2 is 2.12 bits per heavy atom. The van der Waals surface area contributed by atoms with E-state index >= 15 is 0 Å². The summed E-state index contributed by atoms with van der Waals surface area (Å²) in [5.41, 5.74) is 8.15. The van der Waals surface area contributed by atoms with E-state index in [9.17, 15) is 9.90 Å². The normalized spacial score (nSPS) is 15.4. The van der Waals surface area contributed by atoms with E-state index in [2.05, 4.69) is 15.6 Å². The van der Waals surface area contributed by atoms with E-state index in [1.807, 2.05) is 31.2 Å². The molecule has 5 N–H and O–H groups in total. The van der Waals surface area contributed by atoms with Crippen LogP contribution in [0.3, 0.4) is 0 Å². The number of aromatic nitrogens is 1. The average Bonchev–Trinajstić information content (AvgIpc) is 3.48. The predicted molar refractivity (Wildman–Crippen MR) is 138 cm³/mol. The molecule has 34 heavy (non-hydrogen) atoms. The average molecular weight is 481 g/mol. The molecule has 0 saturated carbocycles. The number of thiazole rings is 1. The Hall–Kier alpha value is -3.10. The number of anilines is 3. The number of benzene rings is 2. The number of aromatic hydroxyl groups is 1. The molecule has 2 aromatic carbocycles. The molecule has 3 aromatic rings. The van der Waals surface area contributed by atoms with Crippen molar-refractivity contribution in [2.24, 2.45) is 0 Å². The Balaban J connectivity index is 1.34. The maximum Gasteiger partial charge on any atom is 0.206 e. The molecule has 0 radical (unpaired) electrons. The van der Waals surface area contributed by atoms with Crippen molar-refractivity contribution in [2.45, 2.75) is 51.5 Å². The first-order valence-corrected chi connectivity index (χ1v) is 12.7. The lowest BCUT2D eigenvalue weighted by Crippen LogP contribution is -2.21.